The number of hydrogen-bond acceptors (Lipinski definition) is 2. The number of halogens is 2. The number of alkyl halides is 2. The minimum Gasteiger partial charge on any atom is -0.396 e. The Bertz CT molecular complexity index is 338. The smallest absolute Gasteiger partial charge is 0.126 e. The zero-order chi connectivity index (χ0) is 14.4. The number of rotatable bonds is 2. The van der Waals surface area contributed by atoms with Crippen molar-refractivity contribution in [1.82, 2.24) is 0 Å². The van der Waals surface area contributed by atoms with Crippen molar-refractivity contribution in [3.8, 4) is 0 Å². The molecule has 6 saturated carbocycles. The standard InChI is InChI=1S/C6H9FO.C6H7FO.CH5P/c2*7-6-1-5(2-6,3-6)4-8;1-2/h8H,1-4H2;4H,1-3H2;2H2,1H3/i;;1D. The van der Waals surface area contributed by atoms with Crippen LogP contribution in [0, 0.1) is 10.8 Å². The van der Waals surface area contributed by atoms with Crippen LogP contribution in [0.2, 0.25) is 0 Å². The molecule has 1 N–H and O–H groups in total. The highest BCUT2D eigenvalue weighted by Crippen LogP contribution is 2.69. The summed E-state index contributed by atoms with van der Waals surface area (Å²) in [5.74, 6) is 0. The van der Waals surface area contributed by atoms with E-state index in [1.807, 2.05) is 0 Å². The van der Waals surface area contributed by atoms with Crippen molar-refractivity contribution >= 4 is 15.5 Å². The maximum Gasteiger partial charge on any atom is 0.126 e. The summed E-state index contributed by atoms with van der Waals surface area (Å²) in [6.07, 6.45) is 4.29. The fraction of sp³-hybridized carbons (Fsp3) is 0.923. The predicted molar refractivity (Wildman–Crippen MR) is 69.0 cm³/mol. The van der Waals surface area contributed by atoms with E-state index in [1.165, 1.54) is 0 Å². The van der Waals surface area contributed by atoms with Crippen LogP contribution >= 0.6 is 9.24 Å². The number of hydrogen-bond donors (Lipinski definition) is 1. The number of aliphatic hydroxyl groups is 1. The molecule has 0 heterocycles. The van der Waals surface area contributed by atoms with Crippen molar-refractivity contribution in [2.24, 2.45) is 10.8 Å². The molecule has 0 aromatic carbocycles. The number of aldehydes is 1. The number of aliphatic hydroxyl groups excluding tert-OH is 1. The minimum absolute atomic E-state index is 0.0503. The SMILES string of the molecule is O=CC12CC(F)(C1)C2.OCC12CC(F)(C1)C2.[2H]CP. The van der Waals surface area contributed by atoms with Crippen LogP contribution in [0.15, 0.2) is 0 Å². The lowest BCUT2D eigenvalue weighted by molar-refractivity contribution is -0.230. The molecule has 6 aliphatic rings. The summed E-state index contributed by atoms with van der Waals surface area (Å²) >= 11 is 0. The van der Waals surface area contributed by atoms with Gasteiger partial charge in [0.25, 0.3) is 0 Å². The molecule has 0 saturated heterocycles. The molecular weight excluding hydrogens is 257 g/mol. The van der Waals surface area contributed by atoms with Crippen molar-refractivity contribution in [2.75, 3.05) is 13.2 Å². The van der Waals surface area contributed by atoms with Crippen LogP contribution in [0.5, 0.6) is 0 Å². The Morgan fingerprint density at radius 3 is 1.72 bits per heavy atom. The van der Waals surface area contributed by atoms with Crippen LogP contribution < -0.4 is 0 Å². The second-order valence-corrected chi connectivity index (χ2v) is 6.50. The first-order valence-electron chi connectivity index (χ1n) is 6.93. The summed E-state index contributed by atoms with van der Waals surface area (Å²) in [5, 5.41) is 8.63. The van der Waals surface area contributed by atoms with Gasteiger partial charge in [0.15, 0.2) is 0 Å². The van der Waals surface area contributed by atoms with E-state index in [0.29, 0.717) is 45.2 Å². The van der Waals surface area contributed by atoms with Gasteiger partial charge in [-0.3, -0.25) is 0 Å². The van der Waals surface area contributed by atoms with Gasteiger partial charge < -0.3 is 9.90 Å². The van der Waals surface area contributed by atoms with Gasteiger partial charge in [0.1, 0.15) is 17.6 Å². The molecule has 0 aromatic heterocycles. The molecular formula is C13H21F2O2P. The van der Waals surface area contributed by atoms with Gasteiger partial charge in [0, 0.05) is 18.8 Å². The van der Waals surface area contributed by atoms with E-state index in [9.17, 15) is 13.6 Å². The molecule has 4 bridgehead atoms. The Morgan fingerprint density at radius 1 is 1.22 bits per heavy atom. The zero-order valence-corrected chi connectivity index (χ0v) is 11.6. The van der Waals surface area contributed by atoms with Crippen LogP contribution in [0.4, 0.5) is 8.78 Å². The maximum absolute atomic E-state index is 12.6. The molecule has 6 aliphatic carbocycles. The molecule has 0 aromatic rings. The molecule has 1 unspecified atom stereocenters. The van der Waals surface area contributed by atoms with Gasteiger partial charge in [-0.05, 0) is 38.5 Å². The van der Waals surface area contributed by atoms with E-state index in [1.54, 1.807) is 0 Å². The van der Waals surface area contributed by atoms with Crippen molar-refractivity contribution in [3.05, 3.63) is 0 Å². The fourth-order valence-corrected chi connectivity index (χ4v) is 3.89. The first-order valence-corrected chi connectivity index (χ1v) is 7.04. The lowest BCUT2D eigenvalue weighted by atomic mass is 9.43. The third kappa shape index (κ3) is 2.02. The van der Waals surface area contributed by atoms with E-state index >= 15 is 0 Å². The number of carbonyl (C=O) groups is 1. The van der Waals surface area contributed by atoms with Gasteiger partial charge in [-0.1, -0.05) is 6.64 Å². The van der Waals surface area contributed by atoms with Crippen LogP contribution in [0.1, 0.15) is 39.9 Å². The average molecular weight is 279 g/mol. The summed E-state index contributed by atoms with van der Waals surface area (Å²) in [7, 11) is 2.25. The quantitative estimate of drug-likeness (QED) is 0.622. The Kier molecular flexibility index (Phi) is 3.02. The van der Waals surface area contributed by atoms with Gasteiger partial charge in [-0.25, -0.2) is 8.78 Å². The second-order valence-electron chi connectivity index (χ2n) is 6.50. The molecule has 0 aliphatic heterocycles. The molecule has 2 nitrogen and oxygen atoms in total. The Labute approximate surface area is 110 Å². The van der Waals surface area contributed by atoms with E-state index in [-0.39, 0.29) is 17.4 Å². The first-order chi connectivity index (χ1) is 8.78. The fourth-order valence-electron chi connectivity index (χ4n) is 3.89. The Balaban J connectivity index is 0.000000117. The highest BCUT2D eigenvalue weighted by molar-refractivity contribution is 7.15. The molecule has 0 radical (unpaired) electrons. The van der Waals surface area contributed by atoms with E-state index in [2.05, 4.69) is 9.24 Å². The average Bonchev–Trinajstić information content (AvgIpc) is 2.19. The lowest BCUT2D eigenvalue weighted by Gasteiger charge is -2.65. The summed E-state index contributed by atoms with van der Waals surface area (Å²) in [6.45, 7) is 0.610. The molecule has 104 valence electrons. The summed E-state index contributed by atoms with van der Waals surface area (Å²) in [6, 6.07) is 0. The van der Waals surface area contributed by atoms with Crippen molar-refractivity contribution in [1.29, 1.82) is 0 Å². The summed E-state index contributed by atoms with van der Waals surface area (Å²) < 4.78 is 31.3. The highest BCUT2D eigenvalue weighted by atomic mass is 31.0. The van der Waals surface area contributed by atoms with Crippen molar-refractivity contribution < 1.29 is 20.1 Å². The van der Waals surface area contributed by atoms with Gasteiger partial charge in [0.05, 0.1) is 0 Å². The van der Waals surface area contributed by atoms with Crippen molar-refractivity contribution in [3.63, 3.8) is 0 Å². The third-order valence-corrected chi connectivity index (χ3v) is 4.67. The highest BCUT2D eigenvalue weighted by Gasteiger charge is 2.69. The molecule has 5 heteroatoms. The second kappa shape index (κ2) is 4.21. The van der Waals surface area contributed by atoms with Crippen LogP contribution in [-0.4, -0.2) is 36.0 Å². The van der Waals surface area contributed by atoms with E-state index in [4.69, 9.17) is 6.48 Å². The van der Waals surface area contributed by atoms with E-state index < -0.39 is 11.3 Å². The Hall–Kier alpha value is -0.0800. The van der Waals surface area contributed by atoms with Crippen LogP contribution in [-0.2, 0) is 4.79 Å². The van der Waals surface area contributed by atoms with Gasteiger partial charge in [-0.2, -0.15) is 0 Å². The topological polar surface area (TPSA) is 37.3 Å². The predicted octanol–water partition coefficient (Wildman–Crippen LogP) is 2.44. The summed E-state index contributed by atoms with van der Waals surface area (Å²) in [5.41, 5.74) is -1.87. The number of carbonyl (C=O) groups excluding carboxylic acids is 1. The zero-order valence-electron chi connectivity index (χ0n) is 11.4. The van der Waals surface area contributed by atoms with Crippen molar-refractivity contribution in [2.45, 2.75) is 49.9 Å². The molecule has 6 rings (SSSR count). The molecule has 0 amide bonds. The van der Waals surface area contributed by atoms with E-state index in [0.717, 1.165) is 6.29 Å². The first kappa shape index (κ1) is 12.9. The lowest BCUT2D eigenvalue weighted by Crippen LogP contribution is -2.65. The van der Waals surface area contributed by atoms with Gasteiger partial charge in [0.2, 0.25) is 0 Å². The largest absolute Gasteiger partial charge is 0.396 e. The normalized spacial score (nSPS) is 53.4. The van der Waals surface area contributed by atoms with Gasteiger partial charge in [-0.15, -0.1) is 9.24 Å². The monoisotopic (exact) mass is 279 g/mol. The van der Waals surface area contributed by atoms with Crippen LogP contribution in [0.3, 0.4) is 0 Å². The summed E-state index contributed by atoms with van der Waals surface area (Å²) in [4.78, 5) is 10.1. The third-order valence-electron chi connectivity index (χ3n) is 4.67. The Morgan fingerprint density at radius 2 is 1.61 bits per heavy atom. The minimum atomic E-state index is -0.902. The maximum atomic E-state index is 12.6. The van der Waals surface area contributed by atoms with Gasteiger partial charge >= 0.3 is 0 Å². The molecule has 0 spiro atoms. The van der Waals surface area contributed by atoms with Crippen LogP contribution in [0.25, 0.3) is 0 Å². The molecule has 1 atom stereocenters. The molecule has 6 fully saturated rings. The molecule has 18 heavy (non-hydrogen) atoms.